The van der Waals surface area contributed by atoms with Crippen LogP contribution in [0.5, 0.6) is 0 Å². The van der Waals surface area contributed by atoms with E-state index >= 15 is 0 Å². The highest BCUT2D eigenvalue weighted by atomic mass is 16.1. The number of allylic oxidation sites excluding steroid dienone is 1. The Hall–Kier alpha value is -1.25. The highest BCUT2D eigenvalue weighted by Crippen LogP contribution is 2.29. The highest BCUT2D eigenvalue weighted by Gasteiger charge is 2.31. The van der Waals surface area contributed by atoms with E-state index in [0.717, 1.165) is 6.42 Å². The minimum absolute atomic E-state index is 0.0324. The molecule has 0 aliphatic carbocycles. The van der Waals surface area contributed by atoms with Gasteiger partial charge in [-0.25, -0.2) is 0 Å². The molecule has 0 fully saturated rings. The molecule has 0 aromatic heterocycles. The summed E-state index contributed by atoms with van der Waals surface area (Å²) < 4.78 is 0. The number of carbonyl (C=O) groups excluding carboxylic acids is 3. The van der Waals surface area contributed by atoms with Crippen LogP contribution in [0, 0.1) is 35.5 Å². The van der Waals surface area contributed by atoms with Crippen LogP contribution in [0.15, 0.2) is 12.2 Å². The normalized spacial score (nSPS) is 15.1. The standard InChI is InChI=1S/C24H42O3/c1-10-20(23(26)12-16(4)5)14-21(24(27)19(9)17(6)7)13-18(8)22(25)11-15(2)3/h15-18,20-21H,9-14H2,1-8H3/t18-,20?,21?/m0/s1. The zero-order valence-electron chi connectivity index (χ0n) is 18.9. The topological polar surface area (TPSA) is 51.2 Å². The van der Waals surface area contributed by atoms with Crippen molar-refractivity contribution in [1.82, 2.24) is 0 Å². The van der Waals surface area contributed by atoms with Gasteiger partial charge >= 0.3 is 0 Å². The number of rotatable bonds is 14. The van der Waals surface area contributed by atoms with Crippen LogP contribution in [0.3, 0.4) is 0 Å². The van der Waals surface area contributed by atoms with Crippen molar-refractivity contribution in [1.29, 1.82) is 0 Å². The van der Waals surface area contributed by atoms with Crippen molar-refractivity contribution in [2.45, 2.75) is 87.5 Å². The molecule has 3 nitrogen and oxygen atoms in total. The summed E-state index contributed by atoms with van der Waals surface area (Å²) in [6.45, 7) is 20.0. The zero-order chi connectivity index (χ0) is 21.3. The first-order valence-electron chi connectivity index (χ1n) is 10.7. The van der Waals surface area contributed by atoms with E-state index in [2.05, 4.69) is 6.58 Å². The van der Waals surface area contributed by atoms with E-state index in [0.29, 0.717) is 43.1 Å². The molecule has 0 heterocycles. The second kappa shape index (κ2) is 12.3. The predicted molar refractivity (Wildman–Crippen MR) is 114 cm³/mol. The molecule has 0 bridgehead atoms. The van der Waals surface area contributed by atoms with Gasteiger partial charge in [0.25, 0.3) is 0 Å². The first-order valence-corrected chi connectivity index (χ1v) is 10.7. The molecule has 0 rings (SSSR count). The molecule has 0 saturated heterocycles. The van der Waals surface area contributed by atoms with E-state index in [1.165, 1.54) is 0 Å². The molecule has 0 aliphatic rings. The van der Waals surface area contributed by atoms with Gasteiger partial charge in [0.2, 0.25) is 0 Å². The molecule has 0 saturated carbocycles. The molecule has 2 unspecified atom stereocenters. The van der Waals surface area contributed by atoms with Gasteiger partial charge in [0, 0.05) is 30.6 Å². The molecular weight excluding hydrogens is 336 g/mol. The minimum Gasteiger partial charge on any atom is -0.299 e. The zero-order valence-corrected chi connectivity index (χ0v) is 18.9. The summed E-state index contributed by atoms with van der Waals surface area (Å²) in [6, 6.07) is 0. The van der Waals surface area contributed by atoms with Gasteiger partial charge in [-0.1, -0.05) is 62.0 Å². The third kappa shape index (κ3) is 9.48. The van der Waals surface area contributed by atoms with Crippen LogP contribution in [-0.4, -0.2) is 17.3 Å². The van der Waals surface area contributed by atoms with Gasteiger partial charge in [0.05, 0.1) is 0 Å². The summed E-state index contributed by atoms with van der Waals surface area (Å²) >= 11 is 0. The van der Waals surface area contributed by atoms with Gasteiger partial charge in [0.1, 0.15) is 11.6 Å². The second-order valence-corrected chi connectivity index (χ2v) is 9.35. The van der Waals surface area contributed by atoms with Crippen molar-refractivity contribution in [2.75, 3.05) is 0 Å². The molecule has 0 N–H and O–H groups in total. The van der Waals surface area contributed by atoms with Gasteiger partial charge in [-0.2, -0.15) is 0 Å². The monoisotopic (exact) mass is 378 g/mol. The van der Waals surface area contributed by atoms with Crippen LogP contribution in [0.25, 0.3) is 0 Å². The summed E-state index contributed by atoms with van der Waals surface area (Å²) in [5, 5.41) is 0. The average Bonchev–Trinajstić information content (AvgIpc) is 2.55. The fraction of sp³-hybridized carbons (Fsp3) is 0.792. The van der Waals surface area contributed by atoms with Gasteiger partial charge in [-0.3, -0.25) is 14.4 Å². The van der Waals surface area contributed by atoms with Crippen molar-refractivity contribution in [3.8, 4) is 0 Å². The maximum absolute atomic E-state index is 13.0. The smallest absolute Gasteiger partial charge is 0.161 e. The van der Waals surface area contributed by atoms with Gasteiger partial charge in [-0.15, -0.1) is 0 Å². The van der Waals surface area contributed by atoms with Crippen LogP contribution >= 0.6 is 0 Å². The molecule has 0 aromatic carbocycles. The number of ketones is 3. The Morgan fingerprint density at radius 3 is 1.63 bits per heavy atom. The highest BCUT2D eigenvalue weighted by molar-refractivity contribution is 5.97. The lowest BCUT2D eigenvalue weighted by Gasteiger charge is -2.25. The van der Waals surface area contributed by atoms with Crippen molar-refractivity contribution in [3.05, 3.63) is 12.2 Å². The van der Waals surface area contributed by atoms with Crippen molar-refractivity contribution >= 4 is 17.3 Å². The van der Waals surface area contributed by atoms with Gasteiger partial charge < -0.3 is 0 Å². The SMILES string of the molecule is C=C(C(=O)C(CC(CC)C(=O)CC(C)C)C[C@H](C)C(=O)CC(C)C)C(C)C. The second-order valence-electron chi connectivity index (χ2n) is 9.35. The van der Waals surface area contributed by atoms with E-state index in [9.17, 15) is 14.4 Å². The van der Waals surface area contributed by atoms with Crippen LogP contribution < -0.4 is 0 Å². The Kier molecular flexibility index (Phi) is 11.7. The fourth-order valence-electron chi connectivity index (χ4n) is 3.46. The quantitative estimate of drug-likeness (QED) is 0.345. The maximum Gasteiger partial charge on any atom is 0.161 e. The van der Waals surface area contributed by atoms with E-state index in [-0.39, 0.29) is 41.0 Å². The lowest BCUT2D eigenvalue weighted by atomic mass is 9.77. The van der Waals surface area contributed by atoms with Crippen molar-refractivity contribution in [2.24, 2.45) is 35.5 Å². The first-order chi connectivity index (χ1) is 12.4. The number of carbonyl (C=O) groups is 3. The molecule has 3 atom stereocenters. The first kappa shape index (κ1) is 25.8. The van der Waals surface area contributed by atoms with Crippen LogP contribution in [-0.2, 0) is 14.4 Å². The Labute approximate surface area is 167 Å². The summed E-state index contributed by atoms with van der Waals surface area (Å²) in [5.41, 5.74) is 0.606. The summed E-state index contributed by atoms with van der Waals surface area (Å²) in [7, 11) is 0. The molecule has 3 heteroatoms. The summed E-state index contributed by atoms with van der Waals surface area (Å²) in [5.74, 6) is 0.604. The fourth-order valence-corrected chi connectivity index (χ4v) is 3.46. The molecule has 0 amide bonds. The van der Waals surface area contributed by atoms with E-state index < -0.39 is 0 Å². The molecule has 0 aromatic rings. The van der Waals surface area contributed by atoms with Crippen LogP contribution in [0.4, 0.5) is 0 Å². The Bertz CT molecular complexity index is 514. The number of Topliss-reactive ketones (excluding diaryl/α,β-unsaturated/α-hetero) is 3. The van der Waals surface area contributed by atoms with Gasteiger partial charge in [-0.05, 0) is 42.6 Å². The van der Waals surface area contributed by atoms with Gasteiger partial charge in [0.15, 0.2) is 5.78 Å². The van der Waals surface area contributed by atoms with Crippen LogP contribution in [0.2, 0.25) is 0 Å². The third-order valence-electron chi connectivity index (χ3n) is 5.31. The predicted octanol–water partition coefficient (Wildman–Crippen LogP) is 6.06. The van der Waals surface area contributed by atoms with E-state index in [1.807, 2.05) is 55.4 Å². The summed E-state index contributed by atoms with van der Waals surface area (Å²) in [6.07, 6.45) is 2.87. The van der Waals surface area contributed by atoms with Crippen LogP contribution in [0.1, 0.15) is 87.5 Å². The van der Waals surface area contributed by atoms with Crippen molar-refractivity contribution in [3.63, 3.8) is 0 Å². The van der Waals surface area contributed by atoms with E-state index in [1.54, 1.807) is 0 Å². The van der Waals surface area contributed by atoms with Crippen molar-refractivity contribution < 1.29 is 14.4 Å². The molecule has 0 spiro atoms. The Morgan fingerprint density at radius 2 is 1.22 bits per heavy atom. The lowest BCUT2D eigenvalue weighted by molar-refractivity contribution is -0.126. The Balaban J connectivity index is 5.40. The molecular formula is C24H42O3. The molecule has 0 aliphatic heterocycles. The third-order valence-corrected chi connectivity index (χ3v) is 5.31. The molecule has 27 heavy (non-hydrogen) atoms. The lowest BCUT2D eigenvalue weighted by Crippen LogP contribution is -2.28. The van der Waals surface area contributed by atoms with E-state index in [4.69, 9.17) is 0 Å². The largest absolute Gasteiger partial charge is 0.299 e. The summed E-state index contributed by atoms with van der Waals surface area (Å²) in [4.78, 5) is 38.1. The number of hydrogen-bond donors (Lipinski definition) is 0. The number of hydrogen-bond acceptors (Lipinski definition) is 3. The molecule has 156 valence electrons. The minimum atomic E-state index is -0.299. The Morgan fingerprint density at radius 1 is 0.741 bits per heavy atom. The molecule has 0 radical (unpaired) electrons. The average molecular weight is 379 g/mol. The maximum atomic E-state index is 13.0.